The van der Waals surface area contributed by atoms with Crippen LogP contribution >= 0.6 is 0 Å². The van der Waals surface area contributed by atoms with Crippen molar-refractivity contribution in [2.24, 2.45) is 5.73 Å². The summed E-state index contributed by atoms with van der Waals surface area (Å²) in [4.78, 5) is 2.60. The highest BCUT2D eigenvalue weighted by Crippen LogP contribution is 2.23. The van der Waals surface area contributed by atoms with Crippen molar-refractivity contribution < 1.29 is 0 Å². The van der Waals surface area contributed by atoms with Crippen LogP contribution in [0, 0.1) is 0 Å². The summed E-state index contributed by atoms with van der Waals surface area (Å²) in [5.41, 5.74) is 6.79. The summed E-state index contributed by atoms with van der Waals surface area (Å²) >= 11 is 0. The second kappa shape index (κ2) is 5.52. The molecular formula is C12H24N2. The second-order valence-corrected chi connectivity index (χ2v) is 4.64. The summed E-state index contributed by atoms with van der Waals surface area (Å²) in [6.07, 6.45) is 5.13. The van der Waals surface area contributed by atoms with Gasteiger partial charge >= 0.3 is 0 Å². The first-order valence-electron chi connectivity index (χ1n) is 5.77. The Labute approximate surface area is 88.2 Å². The Morgan fingerprint density at radius 1 is 1.50 bits per heavy atom. The third-order valence-corrected chi connectivity index (χ3v) is 3.15. The molecule has 0 amide bonds. The van der Waals surface area contributed by atoms with Crippen LogP contribution < -0.4 is 5.73 Å². The molecule has 0 aromatic carbocycles. The van der Waals surface area contributed by atoms with Crippen LogP contribution in [-0.4, -0.2) is 30.1 Å². The average molecular weight is 196 g/mol. The lowest BCUT2D eigenvalue weighted by molar-refractivity contribution is 0.111. The van der Waals surface area contributed by atoms with Crippen molar-refractivity contribution in [3.8, 4) is 0 Å². The second-order valence-electron chi connectivity index (χ2n) is 4.64. The molecule has 1 atom stereocenters. The fourth-order valence-corrected chi connectivity index (χ4v) is 2.34. The van der Waals surface area contributed by atoms with Crippen molar-refractivity contribution >= 4 is 0 Å². The van der Waals surface area contributed by atoms with Crippen LogP contribution in [0.4, 0.5) is 0 Å². The molecule has 0 spiro atoms. The minimum absolute atomic E-state index is 0.641. The number of nitrogens with two attached hydrogens (primary N) is 1. The van der Waals surface area contributed by atoms with Gasteiger partial charge in [0.05, 0.1) is 0 Å². The molecule has 1 rings (SSSR count). The number of rotatable bonds is 4. The molecule has 0 aliphatic carbocycles. The first-order valence-corrected chi connectivity index (χ1v) is 5.77. The number of hydrogen-bond acceptors (Lipinski definition) is 2. The van der Waals surface area contributed by atoms with Gasteiger partial charge in [0, 0.05) is 18.6 Å². The zero-order valence-corrected chi connectivity index (χ0v) is 9.63. The summed E-state index contributed by atoms with van der Waals surface area (Å²) < 4.78 is 0. The Morgan fingerprint density at radius 3 is 2.79 bits per heavy atom. The van der Waals surface area contributed by atoms with Crippen LogP contribution in [0.3, 0.4) is 0 Å². The van der Waals surface area contributed by atoms with E-state index >= 15 is 0 Å². The minimum Gasteiger partial charge on any atom is -0.327 e. The van der Waals surface area contributed by atoms with Gasteiger partial charge in [0.25, 0.3) is 0 Å². The lowest BCUT2D eigenvalue weighted by atomic mass is 9.95. The minimum atomic E-state index is 0.641. The predicted octanol–water partition coefficient (Wildman–Crippen LogP) is 2.15. The van der Waals surface area contributed by atoms with E-state index in [1.54, 1.807) is 0 Å². The van der Waals surface area contributed by atoms with E-state index in [0.29, 0.717) is 18.6 Å². The molecule has 2 N–H and O–H groups in total. The Morgan fingerprint density at radius 2 is 2.21 bits per heavy atom. The molecule has 0 aromatic rings. The number of likely N-dealkylation sites (tertiary alicyclic amines) is 1. The van der Waals surface area contributed by atoms with Gasteiger partial charge < -0.3 is 5.73 Å². The van der Waals surface area contributed by atoms with Gasteiger partial charge in [-0.3, -0.25) is 4.90 Å². The third kappa shape index (κ3) is 3.10. The van der Waals surface area contributed by atoms with Gasteiger partial charge in [-0.15, -0.1) is 0 Å². The van der Waals surface area contributed by atoms with Crippen LogP contribution in [0.5, 0.6) is 0 Å². The van der Waals surface area contributed by atoms with Crippen LogP contribution in [0.2, 0.25) is 0 Å². The van der Waals surface area contributed by atoms with Crippen molar-refractivity contribution in [1.29, 1.82) is 0 Å². The molecule has 2 heteroatoms. The van der Waals surface area contributed by atoms with Crippen molar-refractivity contribution in [3.63, 3.8) is 0 Å². The molecule has 1 unspecified atom stereocenters. The molecule has 1 saturated heterocycles. The highest BCUT2D eigenvalue weighted by molar-refractivity contribution is 5.00. The summed E-state index contributed by atoms with van der Waals surface area (Å²) in [6.45, 7) is 10.5. The zero-order valence-electron chi connectivity index (χ0n) is 9.63. The van der Waals surface area contributed by atoms with Gasteiger partial charge in [0.15, 0.2) is 0 Å². The van der Waals surface area contributed by atoms with E-state index in [9.17, 15) is 0 Å². The van der Waals surface area contributed by atoms with Gasteiger partial charge in [-0.25, -0.2) is 0 Å². The Kier molecular flexibility index (Phi) is 4.63. The first kappa shape index (κ1) is 11.7. The molecule has 14 heavy (non-hydrogen) atoms. The van der Waals surface area contributed by atoms with Gasteiger partial charge in [-0.2, -0.15) is 0 Å². The van der Waals surface area contributed by atoms with Crippen molar-refractivity contribution in [3.05, 3.63) is 12.2 Å². The Bertz CT molecular complexity index is 187. The van der Waals surface area contributed by atoms with Crippen LogP contribution in [-0.2, 0) is 0 Å². The van der Waals surface area contributed by atoms with Gasteiger partial charge in [-0.1, -0.05) is 18.6 Å². The van der Waals surface area contributed by atoms with Gasteiger partial charge in [-0.05, 0) is 39.7 Å². The van der Waals surface area contributed by atoms with E-state index in [2.05, 4.69) is 25.3 Å². The largest absolute Gasteiger partial charge is 0.327 e. The molecule has 0 radical (unpaired) electrons. The maximum atomic E-state index is 5.59. The molecule has 0 saturated carbocycles. The highest BCUT2D eigenvalue weighted by atomic mass is 15.2. The molecule has 1 aliphatic rings. The standard InChI is InChI=1S/C12H24N2/c1-10(2)14-7-5-4-6-12(14)8-11(3)9-13/h10,12H,3-9,13H2,1-2H3. The fourth-order valence-electron chi connectivity index (χ4n) is 2.34. The SMILES string of the molecule is C=C(CN)CC1CCCCN1C(C)C. The van der Waals surface area contributed by atoms with E-state index in [1.807, 2.05) is 0 Å². The summed E-state index contributed by atoms with van der Waals surface area (Å²) in [5.74, 6) is 0. The van der Waals surface area contributed by atoms with Gasteiger partial charge in [0.1, 0.15) is 0 Å². The predicted molar refractivity (Wildman–Crippen MR) is 62.3 cm³/mol. The monoisotopic (exact) mass is 196 g/mol. The number of piperidine rings is 1. The molecule has 2 nitrogen and oxygen atoms in total. The van der Waals surface area contributed by atoms with E-state index in [1.165, 1.54) is 31.4 Å². The Hall–Kier alpha value is -0.340. The van der Waals surface area contributed by atoms with Crippen LogP contribution in [0.25, 0.3) is 0 Å². The zero-order chi connectivity index (χ0) is 10.6. The van der Waals surface area contributed by atoms with E-state index in [4.69, 9.17) is 5.73 Å². The number of hydrogen-bond donors (Lipinski definition) is 1. The van der Waals surface area contributed by atoms with Crippen molar-refractivity contribution in [2.45, 2.75) is 51.6 Å². The maximum Gasteiger partial charge on any atom is 0.0135 e. The first-order chi connectivity index (χ1) is 6.65. The van der Waals surface area contributed by atoms with Crippen molar-refractivity contribution in [1.82, 2.24) is 4.90 Å². The lowest BCUT2D eigenvalue weighted by Gasteiger charge is -2.39. The molecule has 1 heterocycles. The molecule has 1 fully saturated rings. The highest BCUT2D eigenvalue weighted by Gasteiger charge is 2.24. The average Bonchev–Trinajstić information content (AvgIpc) is 2.18. The quantitative estimate of drug-likeness (QED) is 0.698. The molecule has 0 aromatic heterocycles. The summed E-state index contributed by atoms with van der Waals surface area (Å²) in [5, 5.41) is 0. The van der Waals surface area contributed by atoms with E-state index in [-0.39, 0.29) is 0 Å². The maximum absolute atomic E-state index is 5.59. The fraction of sp³-hybridized carbons (Fsp3) is 0.833. The van der Waals surface area contributed by atoms with Gasteiger partial charge in [0.2, 0.25) is 0 Å². The molecule has 0 bridgehead atoms. The third-order valence-electron chi connectivity index (χ3n) is 3.15. The van der Waals surface area contributed by atoms with E-state index < -0.39 is 0 Å². The summed E-state index contributed by atoms with van der Waals surface area (Å²) in [6, 6.07) is 1.35. The molecule has 1 aliphatic heterocycles. The molecule has 82 valence electrons. The van der Waals surface area contributed by atoms with Crippen LogP contribution in [0.1, 0.15) is 39.5 Å². The normalized spacial score (nSPS) is 24.1. The molecular weight excluding hydrogens is 172 g/mol. The van der Waals surface area contributed by atoms with Crippen molar-refractivity contribution in [2.75, 3.05) is 13.1 Å². The lowest BCUT2D eigenvalue weighted by Crippen LogP contribution is -2.44. The summed E-state index contributed by atoms with van der Waals surface area (Å²) in [7, 11) is 0. The topological polar surface area (TPSA) is 29.3 Å². The van der Waals surface area contributed by atoms with Crippen LogP contribution in [0.15, 0.2) is 12.2 Å². The smallest absolute Gasteiger partial charge is 0.0135 e. The Balaban J connectivity index is 2.49. The van der Waals surface area contributed by atoms with E-state index in [0.717, 1.165) is 6.42 Å². The number of nitrogens with zero attached hydrogens (tertiary/aromatic N) is 1.